The minimum atomic E-state index is 0.357. The topological polar surface area (TPSA) is 33.7 Å². The predicted molar refractivity (Wildman–Crippen MR) is 72.4 cm³/mol. The summed E-state index contributed by atoms with van der Waals surface area (Å²) in [6, 6.07) is 7.01. The second-order valence-corrected chi connectivity index (χ2v) is 5.82. The number of hydrogen-bond donors (Lipinski definition) is 1. The van der Waals surface area contributed by atoms with Crippen LogP contribution >= 0.6 is 0 Å². The maximum Gasteiger partial charge on any atom is 0.231 e. The molecule has 1 atom stereocenters. The van der Waals surface area contributed by atoms with Gasteiger partial charge in [0.25, 0.3) is 0 Å². The van der Waals surface area contributed by atoms with Crippen molar-refractivity contribution in [3.05, 3.63) is 23.8 Å². The lowest BCUT2D eigenvalue weighted by Gasteiger charge is -2.33. The van der Waals surface area contributed by atoms with Crippen molar-refractivity contribution in [1.29, 1.82) is 0 Å². The van der Waals surface area contributed by atoms with Gasteiger partial charge < -0.3 is 14.8 Å². The molecule has 4 rings (SSSR count). The molecule has 0 amide bonds. The second-order valence-electron chi connectivity index (χ2n) is 5.82. The van der Waals surface area contributed by atoms with Crippen molar-refractivity contribution < 1.29 is 9.47 Å². The number of piperazine rings is 1. The van der Waals surface area contributed by atoms with E-state index in [-0.39, 0.29) is 0 Å². The standard InChI is InChI=1S/C15H20N2O2/c1-4-14-15(19-10-18-14)7-11(1)8-17-6-5-16-13(9-17)12-2-3-12/h1,4,7,12-13,16H,2-3,5-6,8-10H2. The van der Waals surface area contributed by atoms with Crippen LogP contribution in [0.4, 0.5) is 0 Å². The summed E-state index contributed by atoms with van der Waals surface area (Å²) in [6.45, 7) is 4.81. The van der Waals surface area contributed by atoms with Crippen LogP contribution < -0.4 is 14.8 Å². The first kappa shape index (κ1) is 11.6. The highest BCUT2D eigenvalue weighted by Crippen LogP contribution is 2.35. The fourth-order valence-corrected chi connectivity index (χ4v) is 3.10. The average Bonchev–Trinajstić information content (AvgIpc) is 3.18. The Hall–Kier alpha value is -1.26. The van der Waals surface area contributed by atoms with Gasteiger partial charge in [-0.15, -0.1) is 0 Å². The monoisotopic (exact) mass is 260 g/mol. The van der Waals surface area contributed by atoms with Gasteiger partial charge in [-0.2, -0.15) is 0 Å². The fraction of sp³-hybridized carbons (Fsp3) is 0.600. The van der Waals surface area contributed by atoms with E-state index in [1.54, 1.807) is 0 Å². The van der Waals surface area contributed by atoms with E-state index in [0.29, 0.717) is 12.8 Å². The molecule has 1 aliphatic carbocycles. The molecule has 0 bridgehead atoms. The van der Waals surface area contributed by atoms with Gasteiger partial charge in [-0.3, -0.25) is 4.90 Å². The molecule has 0 aromatic heterocycles. The van der Waals surface area contributed by atoms with Gasteiger partial charge in [-0.05, 0) is 36.5 Å². The van der Waals surface area contributed by atoms with Gasteiger partial charge in [0.05, 0.1) is 0 Å². The van der Waals surface area contributed by atoms with Crippen LogP contribution in [0.3, 0.4) is 0 Å². The Labute approximate surface area is 113 Å². The zero-order valence-electron chi connectivity index (χ0n) is 11.1. The molecule has 0 radical (unpaired) electrons. The summed E-state index contributed by atoms with van der Waals surface area (Å²) in [7, 11) is 0. The maximum absolute atomic E-state index is 5.44. The van der Waals surface area contributed by atoms with Crippen molar-refractivity contribution in [3.63, 3.8) is 0 Å². The van der Waals surface area contributed by atoms with Crippen molar-refractivity contribution in [2.45, 2.75) is 25.4 Å². The Kier molecular flexibility index (Phi) is 2.85. The SMILES string of the molecule is c1cc2c(cc1CN1CCNC(C3CC3)C1)OCO2. The first-order valence-electron chi connectivity index (χ1n) is 7.23. The number of ether oxygens (including phenoxy) is 2. The molecule has 1 aromatic carbocycles. The number of nitrogens with one attached hydrogen (secondary N) is 1. The zero-order chi connectivity index (χ0) is 12.7. The summed E-state index contributed by atoms with van der Waals surface area (Å²) in [5.41, 5.74) is 1.32. The zero-order valence-corrected chi connectivity index (χ0v) is 11.1. The van der Waals surface area contributed by atoms with E-state index in [9.17, 15) is 0 Å². The van der Waals surface area contributed by atoms with Crippen molar-refractivity contribution >= 4 is 0 Å². The fourth-order valence-electron chi connectivity index (χ4n) is 3.10. The van der Waals surface area contributed by atoms with Gasteiger partial charge in [-0.25, -0.2) is 0 Å². The number of nitrogens with zero attached hydrogens (tertiary/aromatic N) is 1. The van der Waals surface area contributed by atoms with Gasteiger partial charge in [0.15, 0.2) is 11.5 Å². The molecule has 1 saturated carbocycles. The number of benzene rings is 1. The Balaban J connectivity index is 1.42. The van der Waals surface area contributed by atoms with Crippen LogP contribution in [0, 0.1) is 5.92 Å². The highest BCUT2D eigenvalue weighted by Gasteiger charge is 2.33. The number of rotatable bonds is 3. The van der Waals surface area contributed by atoms with Crippen LogP contribution in [0.5, 0.6) is 11.5 Å². The lowest BCUT2D eigenvalue weighted by Crippen LogP contribution is -2.51. The number of hydrogen-bond acceptors (Lipinski definition) is 4. The molecular weight excluding hydrogens is 240 g/mol. The summed E-state index contributed by atoms with van der Waals surface area (Å²) in [4.78, 5) is 2.55. The molecule has 4 nitrogen and oxygen atoms in total. The van der Waals surface area contributed by atoms with Crippen molar-refractivity contribution in [2.75, 3.05) is 26.4 Å². The lowest BCUT2D eigenvalue weighted by atomic mass is 10.1. The van der Waals surface area contributed by atoms with Gasteiger partial charge in [-0.1, -0.05) is 6.07 Å². The summed E-state index contributed by atoms with van der Waals surface area (Å²) < 4.78 is 10.8. The molecular formula is C15H20N2O2. The van der Waals surface area contributed by atoms with Gasteiger partial charge in [0.2, 0.25) is 6.79 Å². The molecule has 1 N–H and O–H groups in total. The molecule has 3 aliphatic rings. The van der Waals surface area contributed by atoms with Crippen LogP contribution in [0.25, 0.3) is 0 Å². The van der Waals surface area contributed by atoms with Crippen molar-refractivity contribution in [3.8, 4) is 11.5 Å². The van der Waals surface area contributed by atoms with Crippen LogP contribution in [0.1, 0.15) is 18.4 Å². The van der Waals surface area contributed by atoms with Crippen LogP contribution in [0.15, 0.2) is 18.2 Å². The van der Waals surface area contributed by atoms with E-state index in [1.807, 2.05) is 6.07 Å². The van der Waals surface area contributed by atoms with Crippen LogP contribution in [-0.2, 0) is 6.54 Å². The molecule has 1 saturated heterocycles. The molecule has 0 spiro atoms. The highest BCUT2D eigenvalue weighted by atomic mass is 16.7. The third-order valence-corrected chi connectivity index (χ3v) is 4.32. The minimum absolute atomic E-state index is 0.357. The lowest BCUT2D eigenvalue weighted by molar-refractivity contribution is 0.173. The minimum Gasteiger partial charge on any atom is -0.454 e. The van der Waals surface area contributed by atoms with Crippen molar-refractivity contribution in [1.82, 2.24) is 10.2 Å². The predicted octanol–water partition coefficient (Wildman–Crippen LogP) is 1.60. The van der Waals surface area contributed by atoms with E-state index >= 15 is 0 Å². The second kappa shape index (κ2) is 4.69. The van der Waals surface area contributed by atoms with E-state index in [4.69, 9.17) is 9.47 Å². The molecule has 2 fully saturated rings. The molecule has 102 valence electrons. The molecule has 4 heteroatoms. The average molecular weight is 260 g/mol. The van der Waals surface area contributed by atoms with Gasteiger partial charge in [0.1, 0.15) is 0 Å². The molecule has 2 aliphatic heterocycles. The molecule has 1 aromatic rings. The van der Waals surface area contributed by atoms with Crippen molar-refractivity contribution in [2.24, 2.45) is 5.92 Å². The molecule has 2 heterocycles. The Morgan fingerprint density at radius 1 is 1.21 bits per heavy atom. The largest absolute Gasteiger partial charge is 0.454 e. The Morgan fingerprint density at radius 3 is 3.00 bits per heavy atom. The van der Waals surface area contributed by atoms with Crippen LogP contribution in [-0.4, -0.2) is 37.4 Å². The van der Waals surface area contributed by atoms with E-state index in [0.717, 1.165) is 37.1 Å². The van der Waals surface area contributed by atoms with Gasteiger partial charge >= 0.3 is 0 Å². The highest BCUT2D eigenvalue weighted by molar-refractivity contribution is 5.44. The van der Waals surface area contributed by atoms with E-state index in [1.165, 1.54) is 24.9 Å². The normalized spacial score (nSPS) is 26.6. The third kappa shape index (κ3) is 2.42. The first-order chi connectivity index (χ1) is 9.38. The Morgan fingerprint density at radius 2 is 2.11 bits per heavy atom. The summed E-state index contributed by atoms with van der Waals surface area (Å²) >= 11 is 0. The Bertz CT molecular complexity index is 473. The van der Waals surface area contributed by atoms with E-state index in [2.05, 4.69) is 22.3 Å². The van der Waals surface area contributed by atoms with E-state index < -0.39 is 0 Å². The summed E-state index contributed by atoms with van der Waals surface area (Å²) in [6.07, 6.45) is 2.82. The quantitative estimate of drug-likeness (QED) is 0.895. The number of fused-ring (bicyclic) bond motifs is 1. The summed E-state index contributed by atoms with van der Waals surface area (Å²) in [5.74, 6) is 2.70. The third-order valence-electron chi connectivity index (χ3n) is 4.32. The van der Waals surface area contributed by atoms with Crippen LogP contribution in [0.2, 0.25) is 0 Å². The smallest absolute Gasteiger partial charge is 0.231 e. The summed E-state index contributed by atoms with van der Waals surface area (Å²) in [5, 5.41) is 3.65. The molecule has 19 heavy (non-hydrogen) atoms. The maximum atomic E-state index is 5.44. The first-order valence-corrected chi connectivity index (χ1v) is 7.23. The molecule has 1 unspecified atom stereocenters. The van der Waals surface area contributed by atoms with Gasteiger partial charge in [0, 0.05) is 32.2 Å².